The Kier molecular flexibility index (Phi) is 5.38. The van der Waals surface area contributed by atoms with Crippen LogP contribution in [0.3, 0.4) is 0 Å². The van der Waals surface area contributed by atoms with E-state index < -0.39 is 0 Å². The van der Waals surface area contributed by atoms with Gasteiger partial charge in [0.05, 0.1) is 0 Å². The van der Waals surface area contributed by atoms with Crippen molar-refractivity contribution >= 4 is 38.8 Å². The molecule has 1 aromatic carbocycles. The van der Waals surface area contributed by atoms with Crippen molar-refractivity contribution in [1.82, 2.24) is 19.9 Å². The van der Waals surface area contributed by atoms with Gasteiger partial charge >= 0.3 is 6.03 Å². The van der Waals surface area contributed by atoms with E-state index in [0.29, 0.717) is 19.0 Å². The molecule has 2 heterocycles. The first-order valence-electron chi connectivity index (χ1n) is 9.33. The lowest BCUT2D eigenvalue weighted by atomic mass is 10.2. The lowest BCUT2D eigenvalue weighted by molar-refractivity contribution is 0.252. The van der Waals surface area contributed by atoms with Crippen LogP contribution in [-0.4, -0.2) is 27.1 Å². The van der Waals surface area contributed by atoms with Crippen molar-refractivity contribution in [2.75, 3.05) is 11.9 Å². The second kappa shape index (κ2) is 8.08. The predicted octanol–water partition coefficient (Wildman–Crippen LogP) is 4.67. The summed E-state index contributed by atoms with van der Waals surface area (Å²) in [5, 5.41) is 5.77. The number of carbonyl (C=O) groups is 1. The van der Waals surface area contributed by atoms with Crippen LogP contribution in [0.1, 0.15) is 37.5 Å². The molecule has 140 valence electrons. The molecule has 0 spiro atoms. The fraction of sp³-hybridized carbons (Fsp3) is 0.350. The van der Waals surface area contributed by atoms with Crippen LogP contribution < -0.4 is 10.6 Å². The lowest BCUT2D eigenvalue weighted by Crippen LogP contribution is -2.31. The summed E-state index contributed by atoms with van der Waals surface area (Å²) < 4.78 is 3.22. The normalized spacial score (nSPS) is 14.6. The van der Waals surface area contributed by atoms with Crippen molar-refractivity contribution in [3.05, 3.63) is 52.9 Å². The van der Waals surface area contributed by atoms with Gasteiger partial charge in [-0.15, -0.1) is 0 Å². The molecule has 1 aliphatic carbocycles. The molecule has 2 amide bonds. The Labute approximate surface area is 166 Å². The quantitative estimate of drug-likeness (QED) is 0.620. The number of nitrogens with zero attached hydrogens (tertiary/aromatic N) is 3. The number of anilines is 1. The number of fused-ring (bicyclic) bond motifs is 1. The highest BCUT2D eigenvalue weighted by atomic mass is 79.9. The number of halogens is 1. The van der Waals surface area contributed by atoms with E-state index in [0.717, 1.165) is 27.1 Å². The number of imidazole rings is 1. The third-order valence-corrected chi connectivity index (χ3v) is 5.42. The Balaban J connectivity index is 1.42. The van der Waals surface area contributed by atoms with Gasteiger partial charge in [-0.2, -0.15) is 0 Å². The van der Waals surface area contributed by atoms with Crippen molar-refractivity contribution in [3.8, 4) is 0 Å². The highest BCUT2D eigenvalue weighted by Crippen LogP contribution is 2.33. The zero-order valence-electron chi connectivity index (χ0n) is 15.0. The standard InChI is InChI=1S/C20H22BrN5O/c21-14-5-3-6-15(13-14)24-20(27)23-12-10-18-25-17-9-4-11-22-19(17)26(18)16-7-1-2-8-16/h3-6,9,11,13,16H,1-2,7-8,10,12H2,(H2,23,24,27). The van der Waals surface area contributed by atoms with Crippen LogP contribution in [0.15, 0.2) is 47.1 Å². The lowest BCUT2D eigenvalue weighted by Gasteiger charge is -2.16. The monoisotopic (exact) mass is 427 g/mol. The molecule has 0 bridgehead atoms. The van der Waals surface area contributed by atoms with Crippen molar-refractivity contribution in [2.45, 2.75) is 38.1 Å². The average Bonchev–Trinajstić information content (AvgIpc) is 3.28. The number of urea groups is 1. The molecular weight excluding hydrogens is 406 g/mol. The minimum absolute atomic E-state index is 0.213. The summed E-state index contributed by atoms with van der Waals surface area (Å²) in [6.07, 6.45) is 7.35. The second-order valence-corrected chi connectivity index (χ2v) is 7.74. The predicted molar refractivity (Wildman–Crippen MR) is 110 cm³/mol. The van der Waals surface area contributed by atoms with Crippen LogP contribution in [0.2, 0.25) is 0 Å². The van der Waals surface area contributed by atoms with Gasteiger partial charge in [-0.25, -0.2) is 14.8 Å². The number of nitrogens with one attached hydrogen (secondary N) is 2. The van der Waals surface area contributed by atoms with Gasteiger partial charge in [0.25, 0.3) is 0 Å². The number of aromatic nitrogens is 3. The van der Waals surface area contributed by atoms with E-state index in [9.17, 15) is 4.79 Å². The first kappa shape index (κ1) is 18.0. The highest BCUT2D eigenvalue weighted by molar-refractivity contribution is 9.10. The zero-order chi connectivity index (χ0) is 18.6. The molecule has 0 unspecified atom stereocenters. The maximum absolute atomic E-state index is 12.2. The maximum atomic E-state index is 12.2. The van der Waals surface area contributed by atoms with Gasteiger partial charge in [0.1, 0.15) is 11.3 Å². The fourth-order valence-electron chi connectivity index (χ4n) is 3.73. The Morgan fingerprint density at radius 3 is 2.89 bits per heavy atom. The van der Waals surface area contributed by atoms with E-state index in [1.54, 1.807) is 0 Å². The van der Waals surface area contributed by atoms with Gasteiger partial charge < -0.3 is 15.2 Å². The van der Waals surface area contributed by atoms with Crippen molar-refractivity contribution in [1.29, 1.82) is 0 Å². The summed E-state index contributed by atoms with van der Waals surface area (Å²) in [5.74, 6) is 0.998. The van der Waals surface area contributed by atoms with Gasteiger partial charge in [-0.05, 0) is 43.2 Å². The van der Waals surface area contributed by atoms with E-state index in [2.05, 4.69) is 36.1 Å². The molecule has 0 saturated heterocycles. The van der Waals surface area contributed by atoms with Crippen LogP contribution >= 0.6 is 15.9 Å². The Hall–Kier alpha value is -2.41. The minimum atomic E-state index is -0.213. The molecule has 2 N–H and O–H groups in total. The van der Waals surface area contributed by atoms with Gasteiger partial charge in [0, 0.05) is 35.4 Å². The molecule has 6 nitrogen and oxygen atoms in total. The van der Waals surface area contributed by atoms with E-state index in [1.165, 1.54) is 25.7 Å². The number of rotatable bonds is 5. The fourth-order valence-corrected chi connectivity index (χ4v) is 4.13. The number of pyridine rings is 1. The van der Waals surface area contributed by atoms with E-state index in [1.807, 2.05) is 42.6 Å². The van der Waals surface area contributed by atoms with E-state index in [-0.39, 0.29) is 6.03 Å². The zero-order valence-corrected chi connectivity index (χ0v) is 16.6. The van der Waals surface area contributed by atoms with Gasteiger partial charge in [-0.3, -0.25) is 0 Å². The molecule has 0 aliphatic heterocycles. The van der Waals surface area contributed by atoms with Crippen LogP contribution in [0.4, 0.5) is 10.5 Å². The summed E-state index contributed by atoms with van der Waals surface area (Å²) in [4.78, 5) is 21.5. The summed E-state index contributed by atoms with van der Waals surface area (Å²) in [6, 6.07) is 11.7. The maximum Gasteiger partial charge on any atom is 0.319 e. The SMILES string of the molecule is O=C(NCCc1nc2cccnc2n1C1CCCC1)Nc1cccc(Br)c1. The minimum Gasteiger partial charge on any atom is -0.337 e. The topological polar surface area (TPSA) is 71.8 Å². The molecule has 4 rings (SSSR count). The Morgan fingerprint density at radius 1 is 1.22 bits per heavy atom. The van der Waals surface area contributed by atoms with Crippen LogP contribution in [-0.2, 0) is 6.42 Å². The number of hydrogen-bond acceptors (Lipinski definition) is 3. The molecule has 1 fully saturated rings. The molecule has 1 aliphatic rings. The molecule has 0 radical (unpaired) electrons. The van der Waals surface area contributed by atoms with Crippen LogP contribution in [0.25, 0.3) is 11.2 Å². The third kappa shape index (κ3) is 4.13. The molecule has 27 heavy (non-hydrogen) atoms. The Bertz CT molecular complexity index is 948. The summed E-state index contributed by atoms with van der Waals surface area (Å²) in [7, 11) is 0. The summed E-state index contributed by atoms with van der Waals surface area (Å²) in [6.45, 7) is 0.524. The first-order chi connectivity index (χ1) is 13.2. The number of hydrogen-bond donors (Lipinski definition) is 2. The molecular formula is C20H22BrN5O. The van der Waals surface area contributed by atoms with Crippen molar-refractivity contribution in [3.63, 3.8) is 0 Å². The molecule has 2 aromatic heterocycles. The third-order valence-electron chi connectivity index (χ3n) is 4.93. The average molecular weight is 428 g/mol. The smallest absolute Gasteiger partial charge is 0.319 e. The molecule has 1 saturated carbocycles. The Morgan fingerprint density at radius 2 is 2.07 bits per heavy atom. The summed E-state index contributed by atoms with van der Waals surface area (Å²) >= 11 is 3.40. The van der Waals surface area contributed by atoms with Gasteiger partial charge in [-0.1, -0.05) is 34.8 Å². The van der Waals surface area contributed by atoms with Crippen LogP contribution in [0.5, 0.6) is 0 Å². The van der Waals surface area contributed by atoms with Gasteiger partial charge in [0.2, 0.25) is 0 Å². The van der Waals surface area contributed by atoms with Gasteiger partial charge in [0.15, 0.2) is 5.65 Å². The molecule has 3 aromatic rings. The number of carbonyl (C=O) groups excluding carboxylic acids is 1. The second-order valence-electron chi connectivity index (χ2n) is 6.82. The first-order valence-corrected chi connectivity index (χ1v) is 10.1. The van der Waals surface area contributed by atoms with Crippen molar-refractivity contribution < 1.29 is 4.79 Å². The molecule has 0 atom stereocenters. The highest BCUT2D eigenvalue weighted by Gasteiger charge is 2.23. The molecule has 7 heteroatoms. The largest absolute Gasteiger partial charge is 0.337 e. The number of amides is 2. The van der Waals surface area contributed by atoms with E-state index in [4.69, 9.17) is 4.98 Å². The van der Waals surface area contributed by atoms with Crippen molar-refractivity contribution in [2.24, 2.45) is 0 Å². The van der Waals surface area contributed by atoms with E-state index >= 15 is 0 Å². The number of benzene rings is 1. The summed E-state index contributed by atoms with van der Waals surface area (Å²) in [5.41, 5.74) is 2.64. The van der Waals surface area contributed by atoms with Crippen LogP contribution in [0, 0.1) is 0 Å².